The highest BCUT2D eigenvalue weighted by Gasteiger charge is 2.25. The maximum absolute atomic E-state index is 11.9. The van der Waals surface area contributed by atoms with Crippen LogP contribution in [-0.2, 0) is 9.84 Å². The molecule has 0 unspecified atom stereocenters. The van der Waals surface area contributed by atoms with Gasteiger partial charge < -0.3 is 4.98 Å². The molecule has 142 valence electrons. The smallest absolute Gasteiger partial charge is 0.211 e. The van der Waals surface area contributed by atoms with E-state index in [0.717, 1.165) is 44.4 Å². The number of hydrogen-bond acceptors (Lipinski definition) is 2. The first kappa shape index (κ1) is 17.6. The summed E-state index contributed by atoms with van der Waals surface area (Å²) in [6, 6.07) is 23.5. The molecule has 4 nitrogen and oxygen atoms in total. The van der Waals surface area contributed by atoms with Gasteiger partial charge in [0, 0.05) is 40.6 Å². The second kappa shape index (κ2) is 6.57. The molecule has 2 heterocycles. The van der Waals surface area contributed by atoms with Gasteiger partial charge in [-0.25, -0.2) is 13.4 Å². The fraction of sp³-hybridized carbons (Fsp3) is 0.0417. The molecule has 0 aliphatic carbocycles. The third kappa shape index (κ3) is 3.00. The minimum absolute atomic E-state index is 0.318. The molecular weight excluding hydrogens is 380 g/mol. The minimum atomic E-state index is -3.24. The lowest BCUT2D eigenvalue weighted by Crippen LogP contribution is -2.58. The van der Waals surface area contributed by atoms with Crippen LogP contribution in [0.2, 0.25) is 0 Å². The van der Waals surface area contributed by atoms with Crippen LogP contribution in [0.3, 0.4) is 0 Å². The van der Waals surface area contributed by atoms with Crippen LogP contribution in [0.1, 0.15) is 16.7 Å². The van der Waals surface area contributed by atoms with E-state index in [9.17, 15) is 8.42 Å². The fourth-order valence-electron chi connectivity index (χ4n) is 3.88. The molecule has 5 heteroatoms. The molecular formula is C24H19N2O2S+. The average Bonchev–Trinajstić information content (AvgIpc) is 3.34. The number of allylic oxidation sites excluding steroid dienone is 1. The number of sulfone groups is 1. The molecule has 0 amide bonds. The van der Waals surface area contributed by atoms with Crippen LogP contribution in [0.25, 0.3) is 22.0 Å². The number of hydrogen-bond donors (Lipinski definition) is 2. The third-order valence-corrected chi connectivity index (χ3v) is 6.42. The standard InChI is InChI=1S/C24H18N2O2S/c1-29(27,28)17-12-10-16(11-13-17)24(20-14-25-22-8-4-2-6-18(20)22)21-15-26-23-9-5-3-7-19(21)23/h2-15,25H,1H3/p+1. The molecule has 2 N–H and O–H groups in total. The summed E-state index contributed by atoms with van der Waals surface area (Å²) in [6.45, 7) is 0. The van der Waals surface area contributed by atoms with Crippen molar-refractivity contribution in [3.63, 3.8) is 0 Å². The summed E-state index contributed by atoms with van der Waals surface area (Å²) in [5.74, 6) is 0. The quantitative estimate of drug-likeness (QED) is 0.555. The van der Waals surface area contributed by atoms with Crippen molar-refractivity contribution in [2.45, 2.75) is 4.90 Å². The Labute approximate surface area is 169 Å². The Hall–Kier alpha value is -3.44. The topological polar surface area (TPSA) is 63.9 Å². The predicted molar refractivity (Wildman–Crippen MR) is 117 cm³/mol. The summed E-state index contributed by atoms with van der Waals surface area (Å²) in [4.78, 5) is 7.03. The van der Waals surface area contributed by atoms with Crippen molar-refractivity contribution >= 4 is 43.8 Å². The Morgan fingerprint density at radius 2 is 1.62 bits per heavy atom. The zero-order chi connectivity index (χ0) is 20.0. The van der Waals surface area contributed by atoms with E-state index in [1.54, 1.807) is 12.1 Å². The van der Waals surface area contributed by atoms with Crippen LogP contribution >= 0.6 is 0 Å². The molecule has 1 aromatic heterocycles. The van der Waals surface area contributed by atoms with Crippen molar-refractivity contribution < 1.29 is 13.4 Å². The summed E-state index contributed by atoms with van der Waals surface area (Å²) in [6.07, 6.45) is 5.27. The van der Waals surface area contributed by atoms with Gasteiger partial charge in [-0.3, -0.25) is 0 Å². The highest BCUT2D eigenvalue weighted by molar-refractivity contribution is 7.90. The van der Waals surface area contributed by atoms with Gasteiger partial charge in [-0.1, -0.05) is 42.5 Å². The first-order chi connectivity index (χ1) is 14.0. The zero-order valence-corrected chi connectivity index (χ0v) is 16.6. The van der Waals surface area contributed by atoms with Crippen LogP contribution < -0.4 is 4.99 Å². The minimum Gasteiger partial charge on any atom is -0.361 e. The molecule has 4 aromatic rings. The predicted octanol–water partition coefficient (Wildman–Crippen LogP) is 3.33. The molecule has 0 fully saturated rings. The van der Waals surface area contributed by atoms with Gasteiger partial charge in [0.05, 0.1) is 16.0 Å². The van der Waals surface area contributed by atoms with Crippen molar-refractivity contribution in [2.75, 3.05) is 6.26 Å². The van der Waals surface area contributed by atoms with Crippen molar-refractivity contribution in [3.8, 4) is 0 Å². The first-order valence-electron chi connectivity index (χ1n) is 9.33. The Kier molecular flexibility index (Phi) is 4.00. The molecule has 0 saturated carbocycles. The van der Waals surface area contributed by atoms with E-state index < -0.39 is 9.84 Å². The largest absolute Gasteiger partial charge is 0.361 e. The number of nitrogens with one attached hydrogen (secondary N) is 2. The van der Waals surface area contributed by atoms with E-state index in [-0.39, 0.29) is 0 Å². The van der Waals surface area contributed by atoms with Gasteiger partial charge >= 0.3 is 0 Å². The fourth-order valence-corrected chi connectivity index (χ4v) is 4.51. The van der Waals surface area contributed by atoms with Crippen LogP contribution in [-0.4, -0.2) is 25.9 Å². The summed E-state index contributed by atoms with van der Waals surface area (Å²) in [7, 11) is -3.24. The maximum atomic E-state index is 11.9. The Morgan fingerprint density at radius 1 is 0.897 bits per heavy atom. The summed E-state index contributed by atoms with van der Waals surface area (Å²) in [5.41, 5.74) is 7.43. The van der Waals surface area contributed by atoms with E-state index in [0.29, 0.717) is 4.90 Å². The molecule has 5 rings (SSSR count). The van der Waals surface area contributed by atoms with Crippen LogP contribution in [0.5, 0.6) is 0 Å². The molecule has 0 radical (unpaired) electrons. The number of para-hydroxylation sites is 2. The van der Waals surface area contributed by atoms with E-state index in [2.05, 4.69) is 34.2 Å². The van der Waals surface area contributed by atoms with Crippen LogP contribution in [0.15, 0.2) is 83.9 Å². The van der Waals surface area contributed by atoms with E-state index in [1.165, 1.54) is 6.26 Å². The second-order valence-electron chi connectivity index (χ2n) is 7.17. The second-order valence-corrected chi connectivity index (χ2v) is 9.18. The molecule has 0 bridgehead atoms. The van der Waals surface area contributed by atoms with Crippen LogP contribution in [0.4, 0.5) is 5.69 Å². The summed E-state index contributed by atoms with van der Waals surface area (Å²) >= 11 is 0. The molecule has 0 atom stereocenters. The van der Waals surface area contributed by atoms with Crippen LogP contribution in [0, 0.1) is 0 Å². The monoisotopic (exact) mass is 399 g/mol. The Bertz CT molecular complexity index is 1410. The number of H-pyrrole nitrogens is 1. The van der Waals surface area contributed by atoms with Crippen molar-refractivity contribution in [3.05, 3.63) is 95.7 Å². The normalized spacial score (nSPS) is 14.9. The van der Waals surface area contributed by atoms with Crippen molar-refractivity contribution in [1.29, 1.82) is 0 Å². The van der Waals surface area contributed by atoms with Gasteiger partial charge in [0.15, 0.2) is 16.1 Å². The van der Waals surface area contributed by atoms with Gasteiger partial charge in [-0.15, -0.1) is 0 Å². The number of rotatable bonds is 3. The van der Waals surface area contributed by atoms with Gasteiger partial charge in [0.25, 0.3) is 0 Å². The number of benzene rings is 3. The maximum Gasteiger partial charge on any atom is 0.211 e. The lowest BCUT2D eigenvalue weighted by Gasteiger charge is -2.11. The number of aromatic nitrogens is 1. The summed E-state index contributed by atoms with van der Waals surface area (Å²) < 4.78 is 23.8. The van der Waals surface area contributed by atoms with E-state index >= 15 is 0 Å². The Balaban J connectivity index is 1.80. The molecule has 1 aliphatic rings. The highest BCUT2D eigenvalue weighted by Crippen LogP contribution is 2.37. The molecule has 0 saturated heterocycles. The van der Waals surface area contributed by atoms with E-state index in [4.69, 9.17) is 0 Å². The Morgan fingerprint density at radius 3 is 2.41 bits per heavy atom. The van der Waals surface area contributed by atoms with E-state index in [1.807, 2.05) is 48.8 Å². The number of aromatic amines is 1. The van der Waals surface area contributed by atoms with Crippen molar-refractivity contribution in [1.82, 2.24) is 4.98 Å². The number of fused-ring (bicyclic) bond motifs is 2. The first-order valence-corrected chi connectivity index (χ1v) is 11.2. The molecule has 3 aromatic carbocycles. The molecule has 1 aliphatic heterocycles. The lowest BCUT2D eigenvalue weighted by molar-refractivity contribution is -0.342. The lowest BCUT2D eigenvalue weighted by atomic mass is 9.90. The van der Waals surface area contributed by atoms with Gasteiger partial charge in [-0.2, -0.15) is 0 Å². The van der Waals surface area contributed by atoms with Gasteiger partial charge in [0.2, 0.25) is 5.69 Å². The third-order valence-electron chi connectivity index (χ3n) is 5.29. The van der Waals surface area contributed by atoms with Gasteiger partial charge in [0.1, 0.15) is 0 Å². The van der Waals surface area contributed by atoms with Crippen molar-refractivity contribution in [2.24, 2.45) is 0 Å². The summed E-state index contributed by atoms with van der Waals surface area (Å²) in [5, 5.41) is 1.12. The molecule has 0 spiro atoms. The average molecular weight is 399 g/mol. The molecule has 29 heavy (non-hydrogen) atoms. The zero-order valence-electron chi connectivity index (χ0n) is 15.8. The van der Waals surface area contributed by atoms with Gasteiger partial charge in [-0.05, 0) is 29.8 Å². The highest BCUT2D eigenvalue weighted by atomic mass is 32.2. The SMILES string of the molecule is CS(=O)(=O)c1ccc(C(=C2C=[NH+]c3ccccc32)c2c[nH]c3ccccc23)cc1.